The van der Waals surface area contributed by atoms with Crippen molar-refractivity contribution in [3.8, 4) is 0 Å². The predicted octanol–water partition coefficient (Wildman–Crippen LogP) is 1.43. The van der Waals surface area contributed by atoms with Crippen LogP contribution in [0.5, 0.6) is 0 Å². The molecule has 16 atom stereocenters. The molecular weight excluding hydrogens is 1470 g/mol. The summed E-state index contributed by atoms with van der Waals surface area (Å²) in [6, 6.07) is 10.3. The Balaban J connectivity index is 0.000000250. The van der Waals surface area contributed by atoms with Crippen LogP contribution >= 0.6 is 15.6 Å². The smallest absolute Gasteiger partial charge is 0.459 e. The minimum absolute atomic E-state index is 0.0387. The number of aliphatic hydroxyl groups excluding tert-OH is 2. The van der Waals surface area contributed by atoms with E-state index in [1.165, 1.54) is 64.6 Å². The number of ether oxygens (including phenoxy) is 7. The number of fused-ring (bicyclic) bond motifs is 4. The Bertz CT molecular complexity index is 5090. The van der Waals surface area contributed by atoms with Crippen molar-refractivity contribution in [3.63, 3.8) is 0 Å². The monoisotopic (exact) mass is 1550 g/mol. The first kappa shape index (κ1) is 80.2. The number of aliphatic hydroxyl groups is 2. The third-order valence-corrected chi connectivity index (χ3v) is 22.1. The van der Waals surface area contributed by atoms with E-state index in [4.69, 9.17) is 62.3 Å². The summed E-state index contributed by atoms with van der Waals surface area (Å²) in [5.74, 6) is -2.04. The number of nitrogens with zero attached hydrogens (tertiary/aromatic N) is 6. The van der Waals surface area contributed by atoms with Crippen LogP contribution in [0.25, 0.3) is 4.85 Å². The number of aromatic nitrogens is 8. The molecule has 0 spiro atoms. The second-order valence-electron chi connectivity index (χ2n) is 27.2. The first-order valence-corrected chi connectivity index (χ1v) is 37.3. The number of phosphoric ester groups is 2. The molecule has 4 bridgehead atoms. The molecule has 38 nitrogen and oxygen atoms in total. The van der Waals surface area contributed by atoms with E-state index in [2.05, 4.69) is 25.1 Å². The third kappa shape index (κ3) is 16.8. The molecule has 6 aliphatic heterocycles. The summed E-state index contributed by atoms with van der Waals surface area (Å²) in [4.78, 5) is 160. The molecule has 0 aliphatic carbocycles. The van der Waals surface area contributed by atoms with Gasteiger partial charge >= 0.3 is 44.4 Å². The highest BCUT2D eigenvalue weighted by Crippen LogP contribution is 2.59. The van der Waals surface area contributed by atoms with Crippen molar-refractivity contribution in [2.24, 2.45) is 0 Å². The van der Waals surface area contributed by atoms with Crippen LogP contribution in [0.1, 0.15) is 124 Å². The molecule has 16 unspecified atom stereocenters. The molecule has 40 heteroatoms. The van der Waals surface area contributed by atoms with Crippen LogP contribution < -0.4 is 50.3 Å². The van der Waals surface area contributed by atoms with E-state index < -0.39 is 190 Å². The third-order valence-electron chi connectivity index (χ3n) is 19.6. The fraction of sp³-hybridized carbons (Fsp3) is 0.529. The maximum absolute atomic E-state index is 14.8. The molecule has 6 saturated heterocycles. The van der Waals surface area contributed by atoms with E-state index in [1.807, 2.05) is 39.8 Å². The van der Waals surface area contributed by atoms with Crippen LogP contribution in [0.4, 0.5) is 0 Å². The molecule has 108 heavy (non-hydrogen) atoms. The number of carbonyl (C=O) groups excluding carboxylic acids is 3. The van der Waals surface area contributed by atoms with Gasteiger partial charge in [0, 0.05) is 78.4 Å². The summed E-state index contributed by atoms with van der Waals surface area (Å²) < 4.78 is 102. The van der Waals surface area contributed by atoms with Gasteiger partial charge in [0.25, 0.3) is 28.1 Å². The molecular formula is C68H82N10O28P2. The van der Waals surface area contributed by atoms with Crippen molar-refractivity contribution in [1.29, 1.82) is 0 Å². The highest BCUT2D eigenvalue weighted by molar-refractivity contribution is 7.48. The van der Waals surface area contributed by atoms with E-state index in [-0.39, 0.29) is 86.2 Å². The lowest BCUT2D eigenvalue weighted by atomic mass is 9.96. The summed E-state index contributed by atoms with van der Waals surface area (Å²) in [7, 11) is -9.69. The highest BCUT2D eigenvalue weighted by Gasteiger charge is 2.66. The number of hydrogen-bond acceptors (Lipinski definition) is 27. The van der Waals surface area contributed by atoms with Gasteiger partial charge in [0.2, 0.25) is 12.5 Å². The zero-order chi connectivity index (χ0) is 78.2. The second-order valence-corrected chi connectivity index (χ2v) is 30.2. The lowest BCUT2D eigenvalue weighted by Crippen LogP contribution is -2.48. The molecule has 0 saturated carbocycles. The Morgan fingerprint density at radius 3 is 1.79 bits per heavy atom. The largest absolute Gasteiger partial charge is 0.475 e. The molecule has 10 heterocycles. The zero-order valence-electron chi connectivity index (χ0n) is 60.0. The Labute approximate surface area is 612 Å². The van der Waals surface area contributed by atoms with Crippen LogP contribution in [-0.4, -0.2) is 177 Å². The fourth-order valence-electron chi connectivity index (χ4n) is 13.3. The van der Waals surface area contributed by atoms with Gasteiger partial charge in [-0.05, 0) is 96.2 Å². The predicted molar refractivity (Wildman–Crippen MR) is 373 cm³/mol. The Morgan fingerprint density at radius 1 is 0.667 bits per heavy atom. The van der Waals surface area contributed by atoms with Crippen LogP contribution in [0.15, 0.2) is 99.5 Å². The van der Waals surface area contributed by atoms with E-state index in [0.717, 1.165) is 46.1 Å². The van der Waals surface area contributed by atoms with E-state index >= 15 is 0 Å². The fourth-order valence-corrected chi connectivity index (χ4v) is 15.8. The molecule has 2 aromatic carbocycles. The maximum atomic E-state index is 14.8. The summed E-state index contributed by atoms with van der Waals surface area (Å²) >= 11 is 0. The van der Waals surface area contributed by atoms with Crippen molar-refractivity contribution in [1.82, 2.24) is 43.1 Å². The van der Waals surface area contributed by atoms with Gasteiger partial charge in [-0.2, -0.15) is 4.57 Å². The Kier molecular flexibility index (Phi) is 24.0. The topological polar surface area (TPSA) is 482 Å². The van der Waals surface area contributed by atoms with Crippen LogP contribution in [0.3, 0.4) is 0 Å². The van der Waals surface area contributed by atoms with Gasteiger partial charge in [-0.1, -0.05) is 36.8 Å². The number of phosphoric acid groups is 2. The van der Waals surface area contributed by atoms with Crippen LogP contribution in [-0.2, 0) is 81.0 Å². The minimum atomic E-state index is -4.90. The summed E-state index contributed by atoms with van der Waals surface area (Å²) in [6.07, 6.45) is -9.74. The van der Waals surface area contributed by atoms with Gasteiger partial charge in [0.15, 0.2) is 12.5 Å². The number of benzene rings is 2. The SMILES string of the molecule is Cc1cn(C2CC(O)C(COP(=O)(O)OC3C4OCC3(CO)OC4n3cc(C)c(=O)[nH]c3=O)O2)c(=O)[nH]c1=O.[C-]#[N+]CCOP(=O)(OCC1OC(n2cc(C)c(=O)[nH]c2=O)CC1OC(=O)CCC(=O)NCc1cc(C)c(C)c(C)c1)OC1C2OCC1(CC)OC2n1cc(C)c(=O)n(C(=O)c2ccc(C)cc2)c1=O. The molecule has 7 N–H and O–H groups in total. The lowest BCUT2D eigenvalue weighted by molar-refractivity contribution is -0.187. The van der Waals surface area contributed by atoms with Crippen molar-refractivity contribution in [2.75, 3.05) is 46.2 Å². The number of carbonyl (C=O) groups is 3. The van der Waals surface area contributed by atoms with E-state index in [9.17, 15) is 77.0 Å². The molecule has 4 aromatic heterocycles. The number of nitrogens with one attached hydrogen (secondary N) is 4. The van der Waals surface area contributed by atoms with E-state index in [0.29, 0.717) is 4.57 Å². The zero-order valence-corrected chi connectivity index (χ0v) is 61.8. The Hall–Kier alpha value is -8.84. The van der Waals surface area contributed by atoms with Gasteiger partial charge in [0.1, 0.15) is 73.0 Å². The van der Waals surface area contributed by atoms with Crippen molar-refractivity contribution in [2.45, 2.75) is 186 Å². The summed E-state index contributed by atoms with van der Waals surface area (Å²) in [6.45, 7) is 20.0. The lowest BCUT2D eigenvalue weighted by Gasteiger charge is -2.31. The van der Waals surface area contributed by atoms with Crippen molar-refractivity contribution >= 4 is 33.4 Å². The number of rotatable bonds is 26. The van der Waals surface area contributed by atoms with Crippen molar-refractivity contribution < 1.29 is 94.4 Å². The normalized spacial score (nSPS) is 27.2. The average molecular weight is 1550 g/mol. The summed E-state index contributed by atoms with van der Waals surface area (Å²) in [5.41, 5.74) is -3.14. The number of aromatic amines is 3. The molecule has 6 fully saturated rings. The van der Waals surface area contributed by atoms with Gasteiger partial charge < -0.3 is 58.4 Å². The first-order chi connectivity index (χ1) is 51.1. The highest BCUT2D eigenvalue weighted by atomic mass is 31.2. The van der Waals surface area contributed by atoms with Gasteiger partial charge in [-0.15, -0.1) is 0 Å². The van der Waals surface area contributed by atoms with E-state index in [1.54, 1.807) is 19.1 Å². The molecule has 1 amide bonds. The van der Waals surface area contributed by atoms with Gasteiger partial charge in [0.05, 0.1) is 45.6 Å². The number of hydrogen-bond donors (Lipinski definition) is 7. The summed E-state index contributed by atoms with van der Waals surface area (Å²) in [5, 5.41) is 23.2. The Morgan fingerprint density at radius 2 is 1.19 bits per heavy atom. The van der Waals surface area contributed by atoms with Gasteiger partial charge in [-0.25, -0.2) is 34.9 Å². The average Bonchev–Trinajstić information content (AvgIpc) is 1.57. The molecule has 0 radical (unpaired) electrons. The van der Waals surface area contributed by atoms with Crippen LogP contribution in [0.2, 0.25) is 0 Å². The minimum Gasteiger partial charge on any atom is -0.459 e. The first-order valence-electron chi connectivity index (χ1n) is 34.3. The van der Waals surface area contributed by atoms with Gasteiger partial charge in [-0.3, -0.25) is 89.4 Å². The standard InChI is InChI=1S/C47H55N6O15P.C21H27N4O13P/c1-9-47-25-62-39(44(67-47)52-23-30(6)42(57)53(46(52)60)43(58)33-12-10-26(2)11-13-33)40(47)68-69(61,63-17-16-48-8)64-24-35-34(20-37(65-35)51-22-29(5)41(56)50-45(51)59)66-38(55)15-14-36(54)49-21-32-18-27(3)31(7)28(4)19-32;1-9-4-24(19(30)22-16(9)28)13-3-11(27)12(36-13)6-35-39(32,33)38-15-14-18(37-21(15,7-26)8-34-14)25-5-10(2)17(29)23-20(25)31/h10-13,18-19,22-23,34-35,37,39-40,44H,9,14-17,20-21,24-25H2,1-7H3,(H,49,54)(H,50,56,59);4-5,11-15,18,26-27H,3,6-8H2,1-2H3,(H,32,33)(H,22,28,30)(H,23,29,31). The second kappa shape index (κ2) is 32.4. The molecule has 582 valence electrons. The van der Waals surface area contributed by atoms with Crippen LogP contribution in [0, 0.1) is 62.0 Å². The quantitative estimate of drug-likeness (QED) is 0.0175. The molecule has 6 aliphatic rings. The number of aryl methyl sites for hydroxylation is 7. The molecule has 6 aromatic rings. The number of amides is 1. The van der Waals surface area contributed by atoms with Crippen molar-refractivity contribution in [3.05, 3.63) is 212 Å². The molecule has 12 rings (SSSR count). The maximum Gasteiger partial charge on any atom is 0.475 e. The number of esters is 1. The number of H-pyrrole nitrogens is 3.